The van der Waals surface area contributed by atoms with Crippen LogP contribution in [-0.4, -0.2) is 19.3 Å². The molecule has 0 saturated carbocycles. The first-order chi connectivity index (χ1) is 10.2. The van der Waals surface area contributed by atoms with Crippen molar-refractivity contribution < 1.29 is 18.7 Å². The van der Waals surface area contributed by atoms with Gasteiger partial charge in [0.15, 0.2) is 0 Å². The van der Waals surface area contributed by atoms with Gasteiger partial charge in [-0.3, -0.25) is 5.32 Å². The molecule has 0 aliphatic heterocycles. The fraction of sp³-hybridized carbons (Fsp3) is 0.133. The summed E-state index contributed by atoms with van der Waals surface area (Å²) in [6.45, 7) is 0.167. The van der Waals surface area contributed by atoms with Gasteiger partial charge in [-0.15, -0.1) is 0 Å². The van der Waals surface area contributed by atoms with Gasteiger partial charge in [0.1, 0.15) is 24.8 Å². The largest absolute Gasteiger partial charge is 0.488 e. The maximum Gasteiger partial charge on any atom is 0.411 e. The van der Waals surface area contributed by atoms with Crippen LogP contribution in [0.1, 0.15) is 0 Å². The first-order valence-corrected chi connectivity index (χ1v) is 6.60. The normalized spacial score (nSPS) is 10.0. The highest BCUT2D eigenvalue weighted by Crippen LogP contribution is 2.22. The standard InChI is InChI=1S/C15H13ClFNO3/c16-11-5-1-4-8-14(11)20-9-10-21-15(19)18-13-7-3-2-6-12(13)17/h1-8H,9-10H2,(H,18,19). The first-order valence-electron chi connectivity index (χ1n) is 6.22. The van der Waals surface area contributed by atoms with E-state index in [1.807, 2.05) is 0 Å². The maximum absolute atomic E-state index is 13.3. The highest BCUT2D eigenvalue weighted by atomic mass is 35.5. The van der Waals surface area contributed by atoms with Gasteiger partial charge in [0, 0.05) is 0 Å². The lowest BCUT2D eigenvalue weighted by molar-refractivity contribution is 0.137. The number of carbonyl (C=O) groups excluding carboxylic acids is 1. The van der Waals surface area contributed by atoms with Crippen LogP contribution in [0.15, 0.2) is 48.5 Å². The summed E-state index contributed by atoms with van der Waals surface area (Å²) in [4.78, 5) is 11.5. The number of hydrogen-bond donors (Lipinski definition) is 1. The fourth-order valence-corrected chi connectivity index (χ4v) is 1.75. The third kappa shape index (κ3) is 4.65. The SMILES string of the molecule is O=C(Nc1ccccc1F)OCCOc1ccccc1Cl. The number of anilines is 1. The predicted molar refractivity (Wildman–Crippen MR) is 78.3 cm³/mol. The number of para-hydroxylation sites is 2. The molecule has 0 saturated heterocycles. The Morgan fingerprint density at radius 2 is 1.81 bits per heavy atom. The van der Waals surface area contributed by atoms with Crippen LogP contribution in [0.25, 0.3) is 0 Å². The Balaban J connectivity index is 1.73. The molecular weight excluding hydrogens is 297 g/mol. The van der Waals surface area contributed by atoms with Crippen LogP contribution in [0.2, 0.25) is 5.02 Å². The van der Waals surface area contributed by atoms with Crippen LogP contribution >= 0.6 is 11.6 Å². The van der Waals surface area contributed by atoms with Gasteiger partial charge in [0.25, 0.3) is 0 Å². The van der Waals surface area contributed by atoms with E-state index in [0.29, 0.717) is 10.8 Å². The molecule has 1 N–H and O–H groups in total. The average Bonchev–Trinajstić information content (AvgIpc) is 2.48. The molecule has 0 aliphatic carbocycles. The van der Waals surface area contributed by atoms with Crippen LogP contribution in [0.5, 0.6) is 5.75 Å². The van der Waals surface area contributed by atoms with E-state index in [1.165, 1.54) is 18.2 Å². The lowest BCUT2D eigenvalue weighted by Crippen LogP contribution is -2.18. The number of ether oxygens (including phenoxy) is 2. The molecule has 6 heteroatoms. The summed E-state index contributed by atoms with van der Waals surface area (Å²) in [5, 5.41) is 2.78. The van der Waals surface area contributed by atoms with Crippen molar-refractivity contribution in [3.63, 3.8) is 0 Å². The van der Waals surface area contributed by atoms with Gasteiger partial charge in [-0.05, 0) is 24.3 Å². The van der Waals surface area contributed by atoms with Gasteiger partial charge in [-0.2, -0.15) is 0 Å². The Morgan fingerprint density at radius 1 is 1.10 bits per heavy atom. The van der Waals surface area contributed by atoms with Crippen molar-refractivity contribution in [2.75, 3.05) is 18.5 Å². The smallest absolute Gasteiger partial charge is 0.411 e. The lowest BCUT2D eigenvalue weighted by atomic mass is 10.3. The Kier molecular flexibility index (Phi) is 5.40. The van der Waals surface area contributed by atoms with Gasteiger partial charge in [-0.1, -0.05) is 35.9 Å². The van der Waals surface area contributed by atoms with Crippen molar-refractivity contribution in [2.24, 2.45) is 0 Å². The summed E-state index contributed by atoms with van der Waals surface area (Å²) >= 11 is 5.90. The molecule has 110 valence electrons. The Bertz CT molecular complexity index is 621. The molecule has 0 radical (unpaired) electrons. The second kappa shape index (κ2) is 7.50. The number of rotatable bonds is 5. The molecule has 21 heavy (non-hydrogen) atoms. The van der Waals surface area contributed by atoms with Crippen LogP contribution in [0.4, 0.5) is 14.9 Å². The Morgan fingerprint density at radius 3 is 2.57 bits per heavy atom. The molecule has 0 atom stereocenters. The minimum Gasteiger partial charge on any atom is -0.488 e. The molecule has 0 unspecified atom stereocenters. The molecule has 0 heterocycles. The minimum absolute atomic E-state index is 0.0194. The molecule has 4 nitrogen and oxygen atoms in total. The minimum atomic E-state index is -0.747. The molecule has 0 spiro atoms. The van der Waals surface area contributed by atoms with Crippen molar-refractivity contribution in [1.82, 2.24) is 0 Å². The van der Waals surface area contributed by atoms with Gasteiger partial charge in [-0.25, -0.2) is 9.18 Å². The third-order valence-electron chi connectivity index (χ3n) is 2.52. The second-order valence-corrected chi connectivity index (χ2v) is 4.43. The number of hydrogen-bond acceptors (Lipinski definition) is 3. The first kappa shape index (κ1) is 15.1. The van der Waals surface area contributed by atoms with Gasteiger partial charge in [0.05, 0.1) is 10.7 Å². The van der Waals surface area contributed by atoms with E-state index in [2.05, 4.69) is 5.32 Å². The number of carbonyl (C=O) groups is 1. The zero-order valence-electron chi connectivity index (χ0n) is 11.0. The van der Waals surface area contributed by atoms with Crippen molar-refractivity contribution in [1.29, 1.82) is 0 Å². The van der Waals surface area contributed by atoms with E-state index in [9.17, 15) is 9.18 Å². The summed E-state index contributed by atoms with van der Waals surface area (Å²) in [5.74, 6) is -0.0148. The molecule has 0 fully saturated rings. The summed E-state index contributed by atoms with van der Waals surface area (Å²) in [6.07, 6.45) is -0.747. The van der Waals surface area contributed by atoms with E-state index in [0.717, 1.165) is 0 Å². The van der Waals surface area contributed by atoms with Gasteiger partial charge < -0.3 is 9.47 Å². The second-order valence-electron chi connectivity index (χ2n) is 4.02. The van der Waals surface area contributed by atoms with E-state index < -0.39 is 11.9 Å². The third-order valence-corrected chi connectivity index (χ3v) is 2.83. The van der Waals surface area contributed by atoms with Crippen molar-refractivity contribution in [2.45, 2.75) is 0 Å². The summed E-state index contributed by atoms with van der Waals surface area (Å²) in [6, 6.07) is 12.8. The number of nitrogens with one attached hydrogen (secondary N) is 1. The molecule has 0 aliphatic rings. The van der Waals surface area contributed by atoms with E-state index in [-0.39, 0.29) is 18.9 Å². The summed E-state index contributed by atoms with van der Waals surface area (Å²) in [7, 11) is 0. The molecule has 2 rings (SSSR count). The monoisotopic (exact) mass is 309 g/mol. The summed E-state index contributed by atoms with van der Waals surface area (Å²) < 4.78 is 23.5. The number of halogens is 2. The summed E-state index contributed by atoms with van der Waals surface area (Å²) in [5.41, 5.74) is 0.0644. The van der Waals surface area contributed by atoms with Crippen molar-refractivity contribution in [3.05, 3.63) is 59.4 Å². The highest BCUT2D eigenvalue weighted by molar-refractivity contribution is 6.32. The average molecular weight is 310 g/mol. The molecule has 2 aromatic carbocycles. The van der Waals surface area contributed by atoms with Gasteiger partial charge >= 0.3 is 6.09 Å². The Hall–Kier alpha value is -2.27. The topological polar surface area (TPSA) is 47.6 Å². The van der Waals surface area contributed by atoms with E-state index in [1.54, 1.807) is 30.3 Å². The van der Waals surface area contributed by atoms with E-state index in [4.69, 9.17) is 21.1 Å². The molecular formula is C15H13ClFNO3. The lowest BCUT2D eigenvalue weighted by Gasteiger charge is -2.09. The molecule has 2 aromatic rings. The highest BCUT2D eigenvalue weighted by Gasteiger charge is 2.07. The molecule has 0 aromatic heterocycles. The molecule has 0 bridgehead atoms. The quantitative estimate of drug-likeness (QED) is 0.846. The van der Waals surface area contributed by atoms with E-state index >= 15 is 0 Å². The zero-order chi connectivity index (χ0) is 15.1. The van der Waals surface area contributed by atoms with Gasteiger partial charge in [0.2, 0.25) is 0 Å². The van der Waals surface area contributed by atoms with Crippen molar-refractivity contribution in [3.8, 4) is 5.75 Å². The predicted octanol–water partition coefficient (Wildman–Crippen LogP) is 4.11. The number of benzene rings is 2. The molecule has 1 amide bonds. The van der Waals surface area contributed by atoms with Crippen molar-refractivity contribution >= 4 is 23.4 Å². The van der Waals surface area contributed by atoms with Crippen LogP contribution in [0, 0.1) is 5.82 Å². The van der Waals surface area contributed by atoms with Crippen LogP contribution in [0.3, 0.4) is 0 Å². The maximum atomic E-state index is 13.3. The number of amides is 1. The van der Waals surface area contributed by atoms with Crippen LogP contribution < -0.4 is 10.1 Å². The van der Waals surface area contributed by atoms with Crippen LogP contribution in [-0.2, 0) is 4.74 Å². The fourth-order valence-electron chi connectivity index (χ4n) is 1.56. The Labute approximate surface area is 126 Å². The zero-order valence-corrected chi connectivity index (χ0v) is 11.8.